The standard InChI is InChI=1S/C14H13BrFNO/c1-9-3-2-4-10(8-17)14(9)18-13-7-11(15)5-6-12(13)16/h2-7H,8,17H2,1H3. The van der Waals surface area contributed by atoms with Gasteiger partial charge in [-0.2, -0.15) is 0 Å². The second-order valence-electron chi connectivity index (χ2n) is 3.94. The lowest BCUT2D eigenvalue weighted by atomic mass is 10.1. The van der Waals surface area contributed by atoms with Gasteiger partial charge in [0.1, 0.15) is 5.75 Å². The molecule has 0 radical (unpaired) electrons. The molecule has 4 heteroatoms. The molecular weight excluding hydrogens is 297 g/mol. The van der Waals surface area contributed by atoms with Crippen LogP contribution in [0, 0.1) is 12.7 Å². The maximum absolute atomic E-state index is 13.6. The van der Waals surface area contributed by atoms with Crippen LogP contribution in [0.3, 0.4) is 0 Å². The van der Waals surface area contributed by atoms with Crippen molar-refractivity contribution < 1.29 is 9.13 Å². The molecule has 94 valence electrons. The molecule has 0 saturated carbocycles. The molecule has 0 aliphatic heterocycles. The highest BCUT2D eigenvalue weighted by atomic mass is 79.9. The van der Waals surface area contributed by atoms with Crippen LogP contribution in [0.4, 0.5) is 4.39 Å². The Kier molecular flexibility index (Phi) is 3.99. The second-order valence-corrected chi connectivity index (χ2v) is 4.86. The van der Waals surface area contributed by atoms with Crippen LogP contribution < -0.4 is 10.5 Å². The Morgan fingerprint density at radius 3 is 2.78 bits per heavy atom. The van der Waals surface area contributed by atoms with Crippen molar-refractivity contribution in [2.45, 2.75) is 13.5 Å². The predicted molar refractivity (Wildman–Crippen MR) is 73.2 cm³/mol. The van der Waals surface area contributed by atoms with Gasteiger partial charge in [0.15, 0.2) is 11.6 Å². The smallest absolute Gasteiger partial charge is 0.165 e. The van der Waals surface area contributed by atoms with Gasteiger partial charge in [-0.15, -0.1) is 0 Å². The molecule has 0 unspecified atom stereocenters. The van der Waals surface area contributed by atoms with Crippen molar-refractivity contribution in [2.24, 2.45) is 5.73 Å². The lowest BCUT2D eigenvalue weighted by Gasteiger charge is -2.13. The van der Waals surface area contributed by atoms with Crippen LogP contribution in [-0.4, -0.2) is 0 Å². The minimum Gasteiger partial charge on any atom is -0.454 e. The first kappa shape index (κ1) is 13.1. The van der Waals surface area contributed by atoms with E-state index < -0.39 is 5.82 Å². The Morgan fingerprint density at radius 1 is 1.28 bits per heavy atom. The van der Waals surface area contributed by atoms with Crippen molar-refractivity contribution in [1.82, 2.24) is 0 Å². The fourth-order valence-electron chi connectivity index (χ4n) is 1.69. The summed E-state index contributed by atoms with van der Waals surface area (Å²) in [6.45, 7) is 2.26. The summed E-state index contributed by atoms with van der Waals surface area (Å²) in [5.41, 5.74) is 7.44. The summed E-state index contributed by atoms with van der Waals surface area (Å²) < 4.78 is 20.1. The molecule has 0 spiro atoms. The number of rotatable bonds is 3. The molecular formula is C14H13BrFNO. The third-order valence-electron chi connectivity index (χ3n) is 2.62. The molecule has 0 aromatic heterocycles. The zero-order valence-corrected chi connectivity index (χ0v) is 11.5. The monoisotopic (exact) mass is 309 g/mol. The Bertz CT molecular complexity index is 572. The summed E-state index contributed by atoms with van der Waals surface area (Å²) in [4.78, 5) is 0. The van der Waals surface area contributed by atoms with Gasteiger partial charge < -0.3 is 10.5 Å². The molecule has 2 N–H and O–H groups in total. The molecule has 0 atom stereocenters. The normalized spacial score (nSPS) is 10.4. The van der Waals surface area contributed by atoms with Crippen LogP contribution in [0.5, 0.6) is 11.5 Å². The maximum atomic E-state index is 13.6. The second kappa shape index (κ2) is 5.50. The van der Waals surface area contributed by atoms with Gasteiger partial charge in [0.25, 0.3) is 0 Å². The third kappa shape index (κ3) is 2.71. The Labute approximate surface area is 114 Å². The first-order valence-corrected chi connectivity index (χ1v) is 6.32. The molecule has 0 aliphatic carbocycles. The van der Waals surface area contributed by atoms with E-state index in [1.807, 2.05) is 25.1 Å². The molecule has 0 heterocycles. The summed E-state index contributed by atoms with van der Waals surface area (Å²) in [7, 11) is 0. The van der Waals surface area contributed by atoms with Gasteiger partial charge in [0.2, 0.25) is 0 Å². The van der Waals surface area contributed by atoms with E-state index in [-0.39, 0.29) is 5.75 Å². The van der Waals surface area contributed by atoms with E-state index in [4.69, 9.17) is 10.5 Å². The summed E-state index contributed by atoms with van der Waals surface area (Å²) in [6.07, 6.45) is 0. The molecule has 2 aromatic rings. The number of hydrogen-bond donors (Lipinski definition) is 1. The number of aryl methyl sites for hydroxylation is 1. The van der Waals surface area contributed by atoms with Crippen LogP contribution in [0.15, 0.2) is 40.9 Å². The molecule has 2 aromatic carbocycles. The highest BCUT2D eigenvalue weighted by Gasteiger charge is 2.10. The van der Waals surface area contributed by atoms with Crippen molar-refractivity contribution >= 4 is 15.9 Å². The molecule has 0 bridgehead atoms. The summed E-state index contributed by atoms with van der Waals surface area (Å²) in [5, 5.41) is 0. The quantitative estimate of drug-likeness (QED) is 0.924. The molecule has 0 fully saturated rings. The third-order valence-corrected chi connectivity index (χ3v) is 3.11. The van der Waals surface area contributed by atoms with Crippen molar-refractivity contribution in [1.29, 1.82) is 0 Å². The fraction of sp³-hybridized carbons (Fsp3) is 0.143. The number of nitrogens with two attached hydrogens (primary N) is 1. The molecule has 0 saturated heterocycles. The Morgan fingerprint density at radius 2 is 2.06 bits per heavy atom. The average Bonchev–Trinajstić information content (AvgIpc) is 2.36. The van der Waals surface area contributed by atoms with E-state index in [1.54, 1.807) is 12.1 Å². The van der Waals surface area contributed by atoms with Gasteiger partial charge in [0.05, 0.1) is 0 Å². The zero-order valence-electron chi connectivity index (χ0n) is 9.91. The average molecular weight is 310 g/mol. The lowest BCUT2D eigenvalue weighted by molar-refractivity contribution is 0.435. The van der Waals surface area contributed by atoms with Gasteiger partial charge in [-0.1, -0.05) is 34.1 Å². The first-order valence-electron chi connectivity index (χ1n) is 5.53. The van der Waals surface area contributed by atoms with Crippen LogP contribution in [0.2, 0.25) is 0 Å². The van der Waals surface area contributed by atoms with E-state index in [0.717, 1.165) is 15.6 Å². The predicted octanol–water partition coefficient (Wildman–Crippen LogP) is 4.15. The number of hydrogen-bond acceptors (Lipinski definition) is 2. The van der Waals surface area contributed by atoms with E-state index in [0.29, 0.717) is 12.3 Å². The number of para-hydroxylation sites is 1. The van der Waals surface area contributed by atoms with Gasteiger partial charge in [0, 0.05) is 16.6 Å². The molecule has 0 aliphatic rings. The van der Waals surface area contributed by atoms with Crippen molar-refractivity contribution in [3.05, 3.63) is 57.8 Å². The number of halogens is 2. The first-order chi connectivity index (χ1) is 8.61. The molecule has 2 rings (SSSR count). The van der Waals surface area contributed by atoms with Crippen LogP contribution >= 0.6 is 15.9 Å². The van der Waals surface area contributed by atoms with E-state index >= 15 is 0 Å². The van der Waals surface area contributed by atoms with Crippen molar-refractivity contribution in [2.75, 3.05) is 0 Å². The highest BCUT2D eigenvalue weighted by molar-refractivity contribution is 9.10. The lowest BCUT2D eigenvalue weighted by Crippen LogP contribution is -2.01. The van der Waals surface area contributed by atoms with E-state index in [1.165, 1.54) is 6.07 Å². The van der Waals surface area contributed by atoms with E-state index in [9.17, 15) is 4.39 Å². The van der Waals surface area contributed by atoms with Crippen LogP contribution in [-0.2, 0) is 6.54 Å². The number of benzene rings is 2. The number of ether oxygens (including phenoxy) is 1. The van der Waals surface area contributed by atoms with Crippen molar-refractivity contribution in [3.8, 4) is 11.5 Å². The van der Waals surface area contributed by atoms with Gasteiger partial charge in [-0.05, 0) is 30.7 Å². The SMILES string of the molecule is Cc1cccc(CN)c1Oc1cc(Br)ccc1F. The Hall–Kier alpha value is -1.39. The molecule has 2 nitrogen and oxygen atoms in total. The summed E-state index contributed by atoms with van der Waals surface area (Å²) >= 11 is 3.29. The summed E-state index contributed by atoms with van der Waals surface area (Å²) in [6, 6.07) is 10.3. The van der Waals surface area contributed by atoms with Gasteiger partial charge >= 0.3 is 0 Å². The minimum absolute atomic E-state index is 0.188. The van der Waals surface area contributed by atoms with Crippen molar-refractivity contribution in [3.63, 3.8) is 0 Å². The zero-order chi connectivity index (χ0) is 13.1. The molecule has 18 heavy (non-hydrogen) atoms. The van der Waals surface area contributed by atoms with Crippen LogP contribution in [0.1, 0.15) is 11.1 Å². The minimum atomic E-state index is -0.399. The van der Waals surface area contributed by atoms with Crippen LogP contribution in [0.25, 0.3) is 0 Å². The summed E-state index contributed by atoms with van der Waals surface area (Å²) in [5.74, 6) is 0.412. The Balaban J connectivity index is 2.42. The fourth-order valence-corrected chi connectivity index (χ4v) is 2.03. The molecule has 0 amide bonds. The van der Waals surface area contributed by atoms with Gasteiger partial charge in [-0.25, -0.2) is 4.39 Å². The highest BCUT2D eigenvalue weighted by Crippen LogP contribution is 2.32. The maximum Gasteiger partial charge on any atom is 0.165 e. The van der Waals surface area contributed by atoms with E-state index in [2.05, 4.69) is 15.9 Å². The largest absolute Gasteiger partial charge is 0.454 e. The van der Waals surface area contributed by atoms with Gasteiger partial charge in [-0.3, -0.25) is 0 Å². The topological polar surface area (TPSA) is 35.2 Å².